The molecule has 0 saturated carbocycles. The van der Waals surface area contributed by atoms with Crippen molar-refractivity contribution in [2.45, 2.75) is 52.5 Å². The van der Waals surface area contributed by atoms with Gasteiger partial charge in [0.25, 0.3) is 0 Å². The van der Waals surface area contributed by atoms with Crippen LogP contribution in [0.1, 0.15) is 58.1 Å². The second-order valence-corrected chi connectivity index (χ2v) is 4.90. The van der Waals surface area contributed by atoms with Gasteiger partial charge in [0.2, 0.25) is 0 Å². The Morgan fingerprint density at radius 3 is 2.33 bits per heavy atom. The first kappa shape index (κ1) is 15.0. The average molecular weight is 249 g/mol. The third-order valence-corrected chi connectivity index (χ3v) is 3.17. The third kappa shape index (κ3) is 4.30. The highest BCUT2D eigenvalue weighted by molar-refractivity contribution is 5.48. The molecule has 3 heteroatoms. The molecular weight excluding hydrogens is 222 g/mol. The van der Waals surface area contributed by atoms with Crippen molar-refractivity contribution < 1.29 is 0 Å². The Morgan fingerprint density at radius 1 is 1.22 bits per heavy atom. The Labute approximate surface area is 111 Å². The van der Waals surface area contributed by atoms with Gasteiger partial charge in [-0.15, -0.1) is 0 Å². The van der Waals surface area contributed by atoms with Crippen molar-refractivity contribution in [1.29, 1.82) is 0 Å². The maximum absolute atomic E-state index is 6.04. The van der Waals surface area contributed by atoms with Gasteiger partial charge >= 0.3 is 0 Å². The second kappa shape index (κ2) is 8.09. The van der Waals surface area contributed by atoms with Crippen molar-refractivity contribution in [3.8, 4) is 0 Å². The van der Waals surface area contributed by atoms with Crippen LogP contribution in [0.25, 0.3) is 0 Å². The van der Waals surface area contributed by atoms with E-state index in [0.29, 0.717) is 0 Å². The van der Waals surface area contributed by atoms with E-state index in [-0.39, 0.29) is 6.04 Å². The molecule has 1 rings (SSSR count). The van der Waals surface area contributed by atoms with Crippen LogP contribution in [-0.2, 0) is 0 Å². The van der Waals surface area contributed by atoms with Gasteiger partial charge in [0.1, 0.15) is 5.82 Å². The molecule has 0 aliphatic heterocycles. The van der Waals surface area contributed by atoms with Crippen molar-refractivity contribution in [2.24, 2.45) is 5.73 Å². The quantitative estimate of drug-likeness (QED) is 0.766. The zero-order chi connectivity index (χ0) is 13.4. The number of hydrogen-bond acceptors (Lipinski definition) is 3. The van der Waals surface area contributed by atoms with Crippen LogP contribution in [0.5, 0.6) is 0 Å². The molecule has 3 nitrogen and oxygen atoms in total. The summed E-state index contributed by atoms with van der Waals surface area (Å²) in [7, 11) is 0. The lowest BCUT2D eigenvalue weighted by Crippen LogP contribution is -2.28. The second-order valence-electron chi connectivity index (χ2n) is 4.90. The third-order valence-electron chi connectivity index (χ3n) is 3.17. The predicted octanol–water partition coefficient (Wildman–Crippen LogP) is 3.51. The molecule has 0 spiro atoms. The van der Waals surface area contributed by atoms with Crippen molar-refractivity contribution in [2.75, 3.05) is 18.0 Å². The van der Waals surface area contributed by atoms with Crippen LogP contribution in [0.3, 0.4) is 0 Å². The Morgan fingerprint density at radius 2 is 1.83 bits per heavy atom. The maximum Gasteiger partial charge on any atom is 0.133 e. The van der Waals surface area contributed by atoms with Crippen LogP contribution in [-0.4, -0.2) is 18.1 Å². The van der Waals surface area contributed by atoms with Gasteiger partial charge in [-0.1, -0.05) is 32.8 Å². The minimum Gasteiger partial charge on any atom is -0.356 e. The number of pyridine rings is 1. The van der Waals surface area contributed by atoms with E-state index in [1.807, 2.05) is 19.2 Å². The minimum atomic E-state index is 0.0412. The van der Waals surface area contributed by atoms with E-state index in [0.717, 1.165) is 24.5 Å². The largest absolute Gasteiger partial charge is 0.356 e. The van der Waals surface area contributed by atoms with Crippen LogP contribution >= 0.6 is 0 Å². The summed E-state index contributed by atoms with van der Waals surface area (Å²) in [6.45, 7) is 8.63. The fraction of sp³-hybridized carbons (Fsp3) is 0.667. The Kier molecular flexibility index (Phi) is 6.73. The van der Waals surface area contributed by atoms with E-state index in [2.05, 4.69) is 29.8 Å². The molecule has 0 saturated heterocycles. The molecular formula is C15H27N3. The Balaban J connectivity index is 2.88. The highest BCUT2D eigenvalue weighted by Gasteiger charge is 2.13. The van der Waals surface area contributed by atoms with Crippen LogP contribution in [0, 0.1) is 0 Å². The molecule has 18 heavy (non-hydrogen) atoms. The van der Waals surface area contributed by atoms with E-state index in [1.54, 1.807) is 0 Å². The highest BCUT2D eigenvalue weighted by atomic mass is 15.2. The summed E-state index contributed by atoms with van der Waals surface area (Å²) < 4.78 is 0. The molecule has 0 aromatic carbocycles. The lowest BCUT2D eigenvalue weighted by molar-refractivity contribution is 0.662. The SMILES string of the molecule is CCCCN(CCCC)c1ncccc1C(C)N. The lowest BCUT2D eigenvalue weighted by Gasteiger charge is -2.26. The molecule has 0 bridgehead atoms. The number of rotatable bonds is 8. The first-order chi connectivity index (χ1) is 8.70. The van der Waals surface area contributed by atoms with Crippen molar-refractivity contribution in [1.82, 2.24) is 4.98 Å². The smallest absolute Gasteiger partial charge is 0.133 e. The Hall–Kier alpha value is -1.09. The van der Waals surface area contributed by atoms with Crippen LogP contribution in [0.4, 0.5) is 5.82 Å². The van der Waals surface area contributed by atoms with E-state index < -0.39 is 0 Å². The molecule has 1 aromatic heterocycles. The fourth-order valence-corrected chi connectivity index (χ4v) is 2.05. The number of unbranched alkanes of at least 4 members (excludes halogenated alkanes) is 2. The lowest BCUT2D eigenvalue weighted by atomic mass is 10.1. The zero-order valence-corrected chi connectivity index (χ0v) is 12.0. The van der Waals surface area contributed by atoms with Gasteiger partial charge in [0.05, 0.1) is 0 Å². The number of anilines is 1. The van der Waals surface area contributed by atoms with Gasteiger partial charge in [-0.05, 0) is 25.8 Å². The topological polar surface area (TPSA) is 42.2 Å². The molecule has 1 atom stereocenters. The fourth-order valence-electron chi connectivity index (χ4n) is 2.05. The molecule has 0 aliphatic carbocycles. The van der Waals surface area contributed by atoms with Crippen molar-refractivity contribution >= 4 is 5.82 Å². The summed E-state index contributed by atoms with van der Waals surface area (Å²) in [6, 6.07) is 4.11. The average Bonchev–Trinajstić information content (AvgIpc) is 2.39. The van der Waals surface area contributed by atoms with E-state index in [4.69, 9.17) is 5.73 Å². The highest BCUT2D eigenvalue weighted by Crippen LogP contribution is 2.23. The number of nitrogens with two attached hydrogens (primary N) is 1. The van der Waals surface area contributed by atoms with Crippen molar-refractivity contribution in [3.63, 3.8) is 0 Å². The summed E-state index contributed by atoms with van der Waals surface area (Å²) >= 11 is 0. The van der Waals surface area contributed by atoms with Crippen LogP contribution in [0.15, 0.2) is 18.3 Å². The van der Waals surface area contributed by atoms with E-state index >= 15 is 0 Å². The standard InChI is InChI=1S/C15H27N3/c1-4-6-11-18(12-7-5-2)15-14(13(3)16)9-8-10-17-15/h8-10,13H,4-7,11-12,16H2,1-3H3. The zero-order valence-electron chi connectivity index (χ0n) is 12.0. The molecule has 1 aromatic rings. The van der Waals surface area contributed by atoms with Gasteiger partial charge in [0.15, 0.2) is 0 Å². The molecule has 1 heterocycles. The predicted molar refractivity (Wildman–Crippen MR) is 78.9 cm³/mol. The summed E-state index contributed by atoms with van der Waals surface area (Å²) in [5, 5.41) is 0. The molecule has 0 fully saturated rings. The van der Waals surface area contributed by atoms with Gasteiger partial charge < -0.3 is 10.6 Å². The monoisotopic (exact) mass is 249 g/mol. The Bertz CT molecular complexity index is 328. The first-order valence-corrected chi connectivity index (χ1v) is 7.16. The molecule has 1 unspecified atom stereocenters. The molecule has 0 aliphatic rings. The normalized spacial score (nSPS) is 12.4. The summed E-state index contributed by atoms with van der Waals surface area (Å²) in [4.78, 5) is 6.95. The number of hydrogen-bond donors (Lipinski definition) is 1. The van der Waals surface area contributed by atoms with Gasteiger partial charge in [-0.2, -0.15) is 0 Å². The summed E-state index contributed by atoms with van der Waals surface area (Å²) in [6.07, 6.45) is 6.70. The van der Waals surface area contributed by atoms with Gasteiger partial charge in [-0.3, -0.25) is 0 Å². The molecule has 0 radical (unpaired) electrons. The summed E-state index contributed by atoms with van der Waals surface area (Å²) in [5.74, 6) is 1.08. The first-order valence-electron chi connectivity index (χ1n) is 7.16. The molecule has 0 amide bonds. The van der Waals surface area contributed by atoms with Gasteiger partial charge in [0, 0.05) is 30.9 Å². The number of aromatic nitrogens is 1. The van der Waals surface area contributed by atoms with E-state index in [1.165, 1.54) is 25.7 Å². The van der Waals surface area contributed by atoms with Crippen molar-refractivity contribution in [3.05, 3.63) is 23.9 Å². The van der Waals surface area contributed by atoms with Crippen LogP contribution < -0.4 is 10.6 Å². The van der Waals surface area contributed by atoms with E-state index in [9.17, 15) is 0 Å². The summed E-state index contributed by atoms with van der Waals surface area (Å²) in [5.41, 5.74) is 7.20. The molecule has 102 valence electrons. The minimum absolute atomic E-state index is 0.0412. The molecule has 2 N–H and O–H groups in total. The maximum atomic E-state index is 6.04. The van der Waals surface area contributed by atoms with Crippen LogP contribution in [0.2, 0.25) is 0 Å². The number of nitrogens with zero attached hydrogens (tertiary/aromatic N) is 2. The van der Waals surface area contributed by atoms with Gasteiger partial charge in [-0.25, -0.2) is 4.98 Å².